The lowest BCUT2D eigenvalue weighted by Crippen LogP contribution is -2.18. The van der Waals surface area contributed by atoms with Gasteiger partial charge < -0.3 is 9.80 Å². The minimum Gasteiger partial charge on any atom is -0.324 e. The zero-order chi connectivity index (χ0) is 32.7. The second-order valence-electron chi connectivity index (χ2n) is 12.0. The van der Waals surface area contributed by atoms with Crippen molar-refractivity contribution in [2.45, 2.75) is 12.8 Å². The molecule has 0 spiro atoms. The molecule has 0 unspecified atom stereocenters. The van der Waals surface area contributed by atoms with Gasteiger partial charge in [-0.3, -0.25) is 0 Å². The molecule has 0 saturated heterocycles. The molecular formula is C46H38N2. The van der Waals surface area contributed by atoms with E-state index in [-0.39, 0.29) is 0 Å². The molecule has 0 atom stereocenters. The van der Waals surface area contributed by atoms with Crippen molar-refractivity contribution in [1.29, 1.82) is 0 Å². The SMILES string of the molecule is C=C1/C=C\C=C/N(c2ccc(N(C3=CC=C(c4ccc5ccccc5c4)CC3)c3ccc(-c4ccccc4)cc3)cc2)/C=C\C=C/C1=C. The van der Waals surface area contributed by atoms with Crippen LogP contribution in [0.3, 0.4) is 0 Å². The molecule has 0 saturated carbocycles. The first-order valence-corrected chi connectivity index (χ1v) is 16.4. The van der Waals surface area contributed by atoms with Gasteiger partial charge in [-0.2, -0.15) is 0 Å². The minimum atomic E-state index is 0.898. The van der Waals surface area contributed by atoms with E-state index in [0.29, 0.717) is 0 Å². The molecule has 0 bridgehead atoms. The first-order chi connectivity index (χ1) is 23.6. The maximum Gasteiger partial charge on any atom is 0.0459 e. The van der Waals surface area contributed by atoms with Crippen LogP contribution >= 0.6 is 0 Å². The van der Waals surface area contributed by atoms with Crippen LogP contribution in [0, 0.1) is 0 Å². The van der Waals surface area contributed by atoms with Crippen LogP contribution in [0.4, 0.5) is 17.1 Å². The largest absolute Gasteiger partial charge is 0.324 e. The minimum absolute atomic E-state index is 0.898. The van der Waals surface area contributed by atoms with Crippen molar-refractivity contribution < 1.29 is 0 Å². The van der Waals surface area contributed by atoms with E-state index in [0.717, 1.165) is 41.1 Å². The van der Waals surface area contributed by atoms with E-state index < -0.39 is 0 Å². The van der Waals surface area contributed by atoms with Gasteiger partial charge in [0.05, 0.1) is 0 Å². The third-order valence-corrected chi connectivity index (χ3v) is 8.90. The number of benzene rings is 5. The van der Waals surface area contributed by atoms with Gasteiger partial charge in [0.1, 0.15) is 0 Å². The first-order valence-electron chi connectivity index (χ1n) is 16.4. The van der Waals surface area contributed by atoms with E-state index in [1.807, 2.05) is 36.5 Å². The van der Waals surface area contributed by atoms with Gasteiger partial charge in [0.25, 0.3) is 0 Å². The summed E-state index contributed by atoms with van der Waals surface area (Å²) < 4.78 is 0. The third kappa shape index (κ3) is 6.84. The van der Waals surface area contributed by atoms with Crippen LogP contribution in [0.1, 0.15) is 18.4 Å². The van der Waals surface area contributed by atoms with Crippen LogP contribution in [-0.2, 0) is 0 Å². The van der Waals surface area contributed by atoms with Crippen molar-refractivity contribution >= 4 is 33.4 Å². The van der Waals surface area contributed by atoms with Gasteiger partial charge in [-0.05, 0) is 118 Å². The fraction of sp³-hybridized carbons (Fsp3) is 0.0435. The Balaban J connectivity index is 1.22. The zero-order valence-electron chi connectivity index (χ0n) is 27.0. The number of fused-ring (bicyclic) bond motifs is 1. The summed E-state index contributed by atoms with van der Waals surface area (Å²) in [5, 5.41) is 2.55. The molecule has 2 nitrogen and oxygen atoms in total. The summed E-state index contributed by atoms with van der Waals surface area (Å²) in [6.07, 6.45) is 22.6. The number of hydrogen-bond acceptors (Lipinski definition) is 2. The Hall–Kier alpha value is -6.12. The van der Waals surface area contributed by atoms with Crippen molar-refractivity contribution in [3.05, 3.63) is 218 Å². The van der Waals surface area contributed by atoms with Gasteiger partial charge >= 0.3 is 0 Å². The molecule has 1 aliphatic heterocycles. The molecular weight excluding hydrogens is 581 g/mol. The van der Waals surface area contributed by atoms with E-state index in [1.54, 1.807) is 0 Å². The van der Waals surface area contributed by atoms with Crippen molar-refractivity contribution in [3.8, 4) is 11.1 Å². The van der Waals surface area contributed by atoms with Gasteiger partial charge in [-0.25, -0.2) is 0 Å². The Morgan fingerprint density at radius 2 is 1.08 bits per heavy atom. The molecule has 1 aliphatic carbocycles. The zero-order valence-corrected chi connectivity index (χ0v) is 27.0. The van der Waals surface area contributed by atoms with Crippen molar-refractivity contribution in [1.82, 2.24) is 0 Å². The van der Waals surface area contributed by atoms with E-state index in [2.05, 4.69) is 169 Å². The van der Waals surface area contributed by atoms with Crippen LogP contribution in [0.5, 0.6) is 0 Å². The van der Waals surface area contributed by atoms with Crippen LogP contribution in [0.15, 0.2) is 212 Å². The normalized spacial score (nSPS) is 17.5. The summed E-state index contributed by atoms with van der Waals surface area (Å²) in [6.45, 7) is 8.19. The molecule has 5 aromatic rings. The first kappa shape index (κ1) is 30.5. The molecule has 0 radical (unpaired) electrons. The summed E-state index contributed by atoms with van der Waals surface area (Å²) in [7, 11) is 0. The summed E-state index contributed by atoms with van der Waals surface area (Å²) in [4.78, 5) is 4.51. The molecule has 0 fully saturated rings. The van der Waals surface area contributed by atoms with E-state index in [9.17, 15) is 0 Å². The molecule has 0 N–H and O–H groups in total. The lowest BCUT2D eigenvalue weighted by atomic mass is 9.93. The maximum absolute atomic E-state index is 4.10. The molecule has 1 heterocycles. The average Bonchev–Trinajstić information content (AvgIpc) is 3.18. The highest BCUT2D eigenvalue weighted by Gasteiger charge is 2.19. The van der Waals surface area contributed by atoms with Gasteiger partial charge in [-0.1, -0.05) is 122 Å². The van der Waals surface area contributed by atoms with Crippen molar-refractivity contribution in [2.24, 2.45) is 0 Å². The second-order valence-corrected chi connectivity index (χ2v) is 12.0. The number of rotatable bonds is 6. The highest BCUT2D eigenvalue weighted by Crippen LogP contribution is 2.38. The Kier molecular flexibility index (Phi) is 8.97. The highest BCUT2D eigenvalue weighted by atomic mass is 15.2. The molecule has 2 heteroatoms. The summed E-state index contributed by atoms with van der Waals surface area (Å²) >= 11 is 0. The van der Waals surface area contributed by atoms with E-state index in [4.69, 9.17) is 0 Å². The maximum atomic E-state index is 4.10. The van der Waals surface area contributed by atoms with E-state index >= 15 is 0 Å². The summed E-state index contributed by atoms with van der Waals surface area (Å²) in [5.41, 5.74) is 11.5. The fourth-order valence-electron chi connectivity index (χ4n) is 6.19. The predicted molar refractivity (Wildman–Crippen MR) is 207 cm³/mol. The monoisotopic (exact) mass is 618 g/mol. The lowest BCUT2D eigenvalue weighted by Gasteiger charge is -2.30. The van der Waals surface area contributed by atoms with Crippen LogP contribution < -0.4 is 9.80 Å². The standard InChI is InChI=1S/C46H38N2/c1-35-12-8-10-32-47(33-11-9-13-36(35)2)43-28-30-46(31-29-43)48(44-24-20-39(21-25-44)37-14-4-3-5-15-37)45-26-22-40(23-27-45)42-19-18-38-16-6-7-17-41(38)34-42/h3-22,24-26,28-34H,1-2,23,27H2/b12-8-,13-9-,32-10-,33-11-. The Labute approximate surface area is 284 Å². The Morgan fingerprint density at radius 3 is 1.73 bits per heavy atom. The highest BCUT2D eigenvalue weighted by molar-refractivity contribution is 5.87. The van der Waals surface area contributed by atoms with Gasteiger partial charge in [0.2, 0.25) is 0 Å². The summed E-state index contributed by atoms with van der Waals surface area (Å²) in [6, 6.07) is 43.6. The van der Waals surface area contributed by atoms with Crippen LogP contribution in [0.2, 0.25) is 0 Å². The fourth-order valence-corrected chi connectivity index (χ4v) is 6.19. The van der Waals surface area contributed by atoms with E-state index in [1.165, 1.54) is 38.7 Å². The third-order valence-electron chi connectivity index (χ3n) is 8.90. The molecule has 232 valence electrons. The van der Waals surface area contributed by atoms with Gasteiger partial charge in [0, 0.05) is 35.2 Å². The molecule has 7 rings (SSSR count). The lowest BCUT2D eigenvalue weighted by molar-refractivity contribution is 0.930. The second kappa shape index (κ2) is 14.1. The van der Waals surface area contributed by atoms with Crippen LogP contribution in [0.25, 0.3) is 27.5 Å². The molecule has 0 amide bonds. The molecule has 0 aromatic heterocycles. The van der Waals surface area contributed by atoms with Crippen LogP contribution in [-0.4, -0.2) is 0 Å². The van der Waals surface area contributed by atoms with Crippen molar-refractivity contribution in [2.75, 3.05) is 9.80 Å². The molecule has 2 aliphatic rings. The number of allylic oxidation sites excluding steroid dienone is 12. The number of nitrogens with zero attached hydrogens (tertiary/aromatic N) is 2. The number of anilines is 3. The summed E-state index contributed by atoms with van der Waals surface area (Å²) in [5.74, 6) is 0. The Bertz CT molecular complexity index is 2100. The quantitative estimate of drug-likeness (QED) is 0.187. The smallest absolute Gasteiger partial charge is 0.0459 e. The molecule has 5 aromatic carbocycles. The molecule has 48 heavy (non-hydrogen) atoms. The van der Waals surface area contributed by atoms with Gasteiger partial charge in [0.15, 0.2) is 0 Å². The predicted octanol–water partition coefficient (Wildman–Crippen LogP) is 12.5. The average molecular weight is 619 g/mol. The topological polar surface area (TPSA) is 6.48 Å². The Morgan fingerprint density at radius 1 is 0.500 bits per heavy atom. The van der Waals surface area contributed by atoms with Crippen molar-refractivity contribution in [3.63, 3.8) is 0 Å². The number of hydrogen-bond donors (Lipinski definition) is 0. The van der Waals surface area contributed by atoms with Gasteiger partial charge in [-0.15, -0.1) is 0 Å².